The summed E-state index contributed by atoms with van der Waals surface area (Å²) in [6.45, 7) is 0.158. The van der Waals surface area contributed by atoms with Crippen LogP contribution in [-0.4, -0.2) is 41.4 Å². The number of aromatic amines is 1. The van der Waals surface area contributed by atoms with Gasteiger partial charge in [0.15, 0.2) is 17.0 Å². The number of oxazole rings is 1. The molecule has 0 bridgehead atoms. The molecule has 13 heteroatoms. The van der Waals surface area contributed by atoms with Gasteiger partial charge in [0.05, 0.1) is 30.1 Å². The molecule has 170 valence electrons. The molecule has 5 rings (SSSR count). The number of benzene rings is 1. The van der Waals surface area contributed by atoms with Crippen molar-refractivity contribution in [1.82, 2.24) is 40.2 Å². The fourth-order valence-electron chi connectivity index (χ4n) is 3.28. The average molecular weight is 462 g/mol. The van der Waals surface area contributed by atoms with Gasteiger partial charge >= 0.3 is 5.76 Å². The van der Waals surface area contributed by atoms with Crippen LogP contribution in [0.25, 0.3) is 16.7 Å². The van der Waals surface area contributed by atoms with Crippen molar-refractivity contribution in [3.05, 3.63) is 88.1 Å². The molecule has 12 nitrogen and oxygen atoms in total. The number of nitrogens with zero attached hydrogens (tertiary/aromatic N) is 5. The first-order chi connectivity index (χ1) is 16.5. The van der Waals surface area contributed by atoms with Crippen molar-refractivity contribution in [2.45, 2.75) is 13.1 Å². The summed E-state index contributed by atoms with van der Waals surface area (Å²) in [7, 11) is 0. The van der Waals surface area contributed by atoms with Crippen molar-refractivity contribution >= 4 is 28.6 Å². The number of carbonyl (C=O) groups is 2. The molecule has 0 unspecified atom stereocenters. The molecule has 0 saturated heterocycles. The minimum atomic E-state index is -0.785. The molecule has 0 saturated carbocycles. The van der Waals surface area contributed by atoms with E-state index in [1.54, 1.807) is 18.2 Å². The summed E-state index contributed by atoms with van der Waals surface area (Å²) < 4.78 is 20.2. The number of hydrogen-bond acceptors (Lipinski definition) is 8. The van der Waals surface area contributed by atoms with E-state index in [0.717, 1.165) is 10.7 Å². The van der Waals surface area contributed by atoms with Crippen LogP contribution in [0.5, 0.6) is 0 Å². The highest BCUT2D eigenvalue weighted by Gasteiger charge is 2.20. The molecule has 4 heterocycles. The van der Waals surface area contributed by atoms with Crippen LogP contribution < -0.4 is 16.4 Å². The summed E-state index contributed by atoms with van der Waals surface area (Å²) in [6.07, 6.45) is 5.39. The summed E-state index contributed by atoms with van der Waals surface area (Å²) in [5, 5.41) is 9.14. The number of carbonyl (C=O) groups excluding carboxylic acids is 2. The highest BCUT2D eigenvalue weighted by atomic mass is 19.1. The second-order valence-corrected chi connectivity index (χ2v) is 7.16. The van der Waals surface area contributed by atoms with Gasteiger partial charge in [-0.1, -0.05) is 6.07 Å². The van der Waals surface area contributed by atoms with Crippen LogP contribution in [-0.2, 0) is 13.1 Å². The molecule has 5 aromatic rings. The predicted molar refractivity (Wildman–Crippen MR) is 114 cm³/mol. The number of halogens is 1. The third-order valence-electron chi connectivity index (χ3n) is 4.88. The van der Waals surface area contributed by atoms with Crippen LogP contribution in [0.1, 0.15) is 32.2 Å². The van der Waals surface area contributed by atoms with Crippen molar-refractivity contribution in [3.63, 3.8) is 0 Å². The number of amides is 2. The number of nitrogens with one attached hydrogen (secondary N) is 3. The van der Waals surface area contributed by atoms with Gasteiger partial charge in [-0.25, -0.2) is 18.7 Å². The van der Waals surface area contributed by atoms with Gasteiger partial charge in [0.2, 0.25) is 0 Å². The minimum Gasteiger partial charge on any atom is -0.408 e. The SMILES string of the molecule is O=C(NCc1ccc2oc(=O)[nH]c2c1)c1cc(C(=O)NCc2cnccn2)n2ncc(F)c2n1. The van der Waals surface area contributed by atoms with Gasteiger partial charge in [0, 0.05) is 25.0 Å². The van der Waals surface area contributed by atoms with Crippen molar-refractivity contribution in [3.8, 4) is 0 Å². The fourth-order valence-corrected chi connectivity index (χ4v) is 3.28. The summed E-state index contributed by atoms with van der Waals surface area (Å²) in [4.78, 5) is 51.4. The van der Waals surface area contributed by atoms with Crippen LogP contribution in [0.2, 0.25) is 0 Å². The first-order valence-corrected chi connectivity index (χ1v) is 9.95. The third-order valence-corrected chi connectivity index (χ3v) is 4.88. The van der Waals surface area contributed by atoms with Gasteiger partial charge in [-0.2, -0.15) is 5.10 Å². The molecule has 0 aliphatic heterocycles. The molecule has 0 fully saturated rings. The maximum Gasteiger partial charge on any atom is 0.417 e. The Balaban J connectivity index is 1.37. The highest BCUT2D eigenvalue weighted by Crippen LogP contribution is 2.14. The summed E-state index contributed by atoms with van der Waals surface area (Å²) in [6, 6.07) is 6.15. The Bertz CT molecular complexity index is 1590. The van der Waals surface area contributed by atoms with Gasteiger partial charge < -0.3 is 15.1 Å². The molecule has 0 spiro atoms. The number of H-pyrrole nitrogens is 1. The van der Waals surface area contributed by atoms with Crippen LogP contribution in [0, 0.1) is 5.82 Å². The molecule has 2 amide bonds. The lowest BCUT2D eigenvalue weighted by Gasteiger charge is -2.09. The smallest absolute Gasteiger partial charge is 0.408 e. The Morgan fingerprint density at radius 2 is 1.94 bits per heavy atom. The number of aromatic nitrogens is 6. The largest absolute Gasteiger partial charge is 0.417 e. The van der Waals surface area contributed by atoms with Crippen molar-refractivity contribution < 1.29 is 18.4 Å². The van der Waals surface area contributed by atoms with Crippen molar-refractivity contribution in [2.24, 2.45) is 0 Å². The van der Waals surface area contributed by atoms with Gasteiger partial charge in [-0.05, 0) is 17.7 Å². The van der Waals surface area contributed by atoms with E-state index in [2.05, 4.69) is 35.7 Å². The minimum absolute atomic E-state index is 0.0698. The lowest BCUT2D eigenvalue weighted by atomic mass is 10.2. The van der Waals surface area contributed by atoms with E-state index in [-0.39, 0.29) is 30.1 Å². The molecule has 0 aliphatic carbocycles. The van der Waals surface area contributed by atoms with E-state index in [0.29, 0.717) is 22.4 Å². The lowest BCUT2D eigenvalue weighted by molar-refractivity contribution is 0.0942. The van der Waals surface area contributed by atoms with Gasteiger partial charge in [-0.15, -0.1) is 0 Å². The quantitative estimate of drug-likeness (QED) is 0.336. The Labute approximate surface area is 188 Å². The number of fused-ring (bicyclic) bond motifs is 2. The summed E-state index contributed by atoms with van der Waals surface area (Å²) in [5.74, 6) is -2.61. The molecular formula is C21H15FN8O4. The van der Waals surface area contributed by atoms with Crippen molar-refractivity contribution in [1.29, 1.82) is 0 Å². The average Bonchev–Trinajstić information content (AvgIpc) is 3.42. The predicted octanol–water partition coefficient (Wildman–Crippen LogP) is 0.953. The first kappa shape index (κ1) is 20.9. The Morgan fingerprint density at radius 3 is 2.76 bits per heavy atom. The lowest BCUT2D eigenvalue weighted by Crippen LogP contribution is -2.28. The molecule has 34 heavy (non-hydrogen) atoms. The zero-order valence-corrected chi connectivity index (χ0v) is 17.3. The summed E-state index contributed by atoms with van der Waals surface area (Å²) >= 11 is 0. The molecule has 0 atom stereocenters. The zero-order valence-electron chi connectivity index (χ0n) is 17.3. The van der Waals surface area contributed by atoms with E-state index >= 15 is 0 Å². The normalized spacial score (nSPS) is 11.1. The summed E-state index contributed by atoms with van der Waals surface area (Å²) in [5.41, 5.74) is 1.54. The van der Waals surface area contributed by atoms with Gasteiger partial charge in [0.25, 0.3) is 11.8 Å². The number of hydrogen-bond donors (Lipinski definition) is 3. The zero-order chi connectivity index (χ0) is 23.7. The van der Waals surface area contributed by atoms with Gasteiger partial charge in [0.1, 0.15) is 11.4 Å². The van der Waals surface area contributed by atoms with Crippen LogP contribution in [0.4, 0.5) is 4.39 Å². The molecule has 3 N–H and O–H groups in total. The maximum absolute atomic E-state index is 14.2. The number of rotatable bonds is 6. The van der Waals surface area contributed by atoms with E-state index in [1.165, 1.54) is 24.7 Å². The third kappa shape index (κ3) is 4.09. The Morgan fingerprint density at radius 1 is 1.09 bits per heavy atom. The van der Waals surface area contributed by atoms with Crippen LogP contribution >= 0.6 is 0 Å². The second-order valence-electron chi connectivity index (χ2n) is 7.16. The van der Waals surface area contributed by atoms with Crippen molar-refractivity contribution in [2.75, 3.05) is 0 Å². The van der Waals surface area contributed by atoms with E-state index in [9.17, 15) is 18.8 Å². The molecule has 0 radical (unpaired) electrons. The maximum atomic E-state index is 14.2. The Hall–Kier alpha value is -4.94. The topological polar surface area (TPSA) is 160 Å². The van der Waals surface area contributed by atoms with Crippen LogP contribution in [0.3, 0.4) is 0 Å². The van der Waals surface area contributed by atoms with Crippen LogP contribution in [0.15, 0.2) is 58.3 Å². The van der Waals surface area contributed by atoms with Gasteiger partial charge in [-0.3, -0.25) is 24.5 Å². The van der Waals surface area contributed by atoms with E-state index in [4.69, 9.17) is 4.42 Å². The molecule has 4 aromatic heterocycles. The first-order valence-electron chi connectivity index (χ1n) is 9.95. The molecule has 1 aromatic carbocycles. The highest BCUT2D eigenvalue weighted by molar-refractivity contribution is 5.98. The van der Waals surface area contributed by atoms with E-state index in [1.807, 2.05) is 0 Å². The monoisotopic (exact) mass is 462 g/mol. The second kappa shape index (κ2) is 8.54. The molecular weight excluding hydrogens is 447 g/mol. The Kier molecular flexibility index (Phi) is 5.26. The fraction of sp³-hybridized carbons (Fsp3) is 0.0952. The standard InChI is InChI=1S/C21H15FN8O4/c22-13-10-27-30-16(20(32)26-9-12-8-23-3-4-24-12)6-15(28-18(13)30)19(31)25-7-11-1-2-17-14(5-11)29-21(33)34-17/h1-6,8,10H,7,9H2,(H,25,31)(H,26,32)(H,29,33). The van der Waals surface area contributed by atoms with E-state index < -0.39 is 23.4 Å². The molecule has 0 aliphatic rings.